The predicted molar refractivity (Wildman–Crippen MR) is 128 cm³/mol. The molecule has 0 aliphatic carbocycles. The molecule has 0 bridgehead atoms. The zero-order valence-corrected chi connectivity index (χ0v) is 22.1. The van der Waals surface area contributed by atoms with Crippen LogP contribution in [0.5, 0.6) is 0 Å². The highest BCUT2D eigenvalue weighted by Gasteiger charge is 2.56. The van der Waals surface area contributed by atoms with Gasteiger partial charge in [-0.25, -0.2) is 4.39 Å². The van der Waals surface area contributed by atoms with Crippen LogP contribution < -0.4 is 0 Å². The summed E-state index contributed by atoms with van der Waals surface area (Å²) in [6.45, 7) is 5.97. The van der Waals surface area contributed by atoms with E-state index in [2.05, 4.69) is 0 Å². The van der Waals surface area contributed by atoms with E-state index in [4.69, 9.17) is 9.47 Å². The van der Waals surface area contributed by atoms with Gasteiger partial charge in [-0.2, -0.15) is 26.3 Å². The topological polar surface area (TPSA) is 55.8 Å². The lowest BCUT2D eigenvalue weighted by Gasteiger charge is -2.45. The van der Waals surface area contributed by atoms with E-state index in [1.807, 2.05) is 0 Å². The molecule has 2 aliphatic heterocycles. The van der Waals surface area contributed by atoms with Crippen LogP contribution >= 0.6 is 0 Å². The molecule has 2 aromatic rings. The molecule has 2 aliphatic rings. The molecule has 0 radical (unpaired) electrons. The lowest BCUT2D eigenvalue weighted by atomic mass is 9.72. The number of amides is 1. The molecule has 218 valence electrons. The Morgan fingerprint density at radius 1 is 1.00 bits per heavy atom. The fourth-order valence-corrected chi connectivity index (χ4v) is 5.69. The molecular formula is C28H28F7NO4. The maximum Gasteiger partial charge on any atom is 0.416 e. The quantitative estimate of drug-likeness (QED) is 0.296. The van der Waals surface area contributed by atoms with Crippen molar-refractivity contribution in [2.75, 3.05) is 6.54 Å². The SMILES string of the molecule is CC(=O)OC1C(=O)N2C[C@H](O[C@H](C)c3cc(C(F)(F)F)cc(C(F)(F)F)c3)[C@@H](c3ccc(F)cc3)C2CC1(C)C. The Morgan fingerprint density at radius 2 is 1.55 bits per heavy atom. The van der Waals surface area contributed by atoms with Crippen LogP contribution in [0, 0.1) is 11.2 Å². The van der Waals surface area contributed by atoms with Crippen molar-refractivity contribution in [3.63, 3.8) is 0 Å². The summed E-state index contributed by atoms with van der Waals surface area (Å²) in [6, 6.07) is 6.21. The highest BCUT2D eigenvalue weighted by Crippen LogP contribution is 2.48. The molecule has 0 aromatic heterocycles. The van der Waals surface area contributed by atoms with Gasteiger partial charge in [-0.05, 0) is 54.8 Å². The molecule has 40 heavy (non-hydrogen) atoms. The second kappa shape index (κ2) is 10.4. The lowest BCUT2D eigenvalue weighted by molar-refractivity contribution is -0.174. The Hall–Kier alpha value is -3.15. The summed E-state index contributed by atoms with van der Waals surface area (Å²) < 4.78 is 106. The Bertz CT molecular complexity index is 1240. The van der Waals surface area contributed by atoms with Gasteiger partial charge < -0.3 is 14.4 Å². The van der Waals surface area contributed by atoms with E-state index in [9.17, 15) is 40.3 Å². The maximum atomic E-state index is 13.7. The highest BCUT2D eigenvalue weighted by atomic mass is 19.4. The molecule has 1 amide bonds. The average Bonchev–Trinajstić information content (AvgIpc) is 3.17. The van der Waals surface area contributed by atoms with E-state index in [1.54, 1.807) is 13.8 Å². The van der Waals surface area contributed by atoms with Crippen molar-refractivity contribution in [3.05, 3.63) is 70.5 Å². The number of nitrogens with zero attached hydrogens (tertiary/aromatic N) is 1. The van der Waals surface area contributed by atoms with Gasteiger partial charge in [0.1, 0.15) is 5.82 Å². The second-order valence-electron chi connectivity index (χ2n) is 11.0. The van der Waals surface area contributed by atoms with Crippen LogP contribution in [0.1, 0.15) is 68.4 Å². The van der Waals surface area contributed by atoms with Crippen molar-refractivity contribution < 1.29 is 49.8 Å². The van der Waals surface area contributed by atoms with Crippen molar-refractivity contribution in [1.29, 1.82) is 0 Å². The lowest BCUT2D eigenvalue weighted by Crippen LogP contribution is -2.57. The smallest absolute Gasteiger partial charge is 0.416 e. The third-order valence-corrected chi connectivity index (χ3v) is 7.54. The Morgan fingerprint density at radius 3 is 2.05 bits per heavy atom. The number of ether oxygens (including phenoxy) is 2. The molecule has 2 saturated heterocycles. The monoisotopic (exact) mass is 575 g/mol. The molecule has 0 saturated carbocycles. The number of fused-ring (bicyclic) bond motifs is 1. The standard InChI is InChI=1S/C28H28F7NO4/c1-14(17-9-18(27(30,31)32)11-19(10-17)28(33,34)35)39-22-13-36-21(23(22)16-5-7-20(29)8-6-16)12-26(3,4)24(25(36)38)40-15(2)37/h5-11,14,21-24H,12-13H2,1-4H3/t14-,21?,22+,23+,24?/m1/s1. The molecule has 5 atom stereocenters. The first-order chi connectivity index (χ1) is 18.4. The van der Waals surface area contributed by atoms with Gasteiger partial charge in [0.2, 0.25) is 0 Å². The zero-order chi connectivity index (χ0) is 29.8. The molecule has 2 unspecified atom stereocenters. The first-order valence-corrected chi connectivity index (χ1v) is 12.6. The zero-order valence-electron chi connectivity index (χ0n) is 22.1. The number of carbonyl (C=O) groups is 2. The normalized spacial score (nSPS) is 25.5. The van der Waals surface area contributed by atoms with Crippen molar-refractivity contribution in [1.82, 2.24) is 4.90 Å². The number of hydrogen-bond acceptors (Lipinski definition) is 4. The number of halogens is 7. The molecule has 12 heteroatoms. The second-order valence-corrected chi connectivity index (χ2v) is 11.0. The number of rotatable bonds is 5. The minimum atomic E-state index is -5.02. The highest BCUT2D eigenvalue weighted by molar-refractivity contribution is 5.86. The van der Waals surface area contributed by atoms with Gasteiger partial charge in [-0.1, -0.05) is 26.0 Å². The van der Waals surface area contributed by atoms with Crippen LogP contribution in [0.25, 0.3) is 0 Å². The van der Waals surface area contributed by atoms with Gasteiger partial charge in [-0.3, -0.25) is 9.59 Å². The predicted octanol–water partition coefficient (Wildman–Crippen LogP) is 6.67. The van der Waals surface area contributed by atoms with Gasteiger partial charge in [-0.15, -0.1) is 0 Å². The largest absolute Gasteiger partial charge is 0.452 e. The molecule has 0 N–H and O–H groups in total. The van der Waals surface area contributed by atoms with E-state index >= 15 is 0 Å². The van der Waals surface area contributed by atoms with E-state index in [0.717, 1.165) is 0 Å². The summed E-state index contributed by atoms with van der Waals surface area (Å²) in [5.74, 6) is -2.23. The van der Waals surface area contributed by atoms with Crippen molar-refractivity contribution in [2.45, 2.75) is 76.7 Å². The minimum absolute atomic E-state index is 0.0449. The van der Waals surface area contributed by atoms with Crippen LogP contribution in [0.15, 0.2) is 42.5 Å². The van der Waals surface area contributed by atoms with Gasteiger partial charge in [0.05, 0.1) is 23.3 Å². The van der Waals surface area contributed by atoms with Gasteiger partial charge in [0.25, 0.3) is 5.91 Å². The van der Waals surface area contributed by atoms with E-state index in [-0.39, 0.29) is 18.2 Å². The summed E-state index contributed by atoms with van der Waals surface area (Å²) in [6.07, 6.45) is -12.9. The molecular weight excluding hydrogens is 547 g/mol. The van der Waals surface area contributed by atoms with Crippen LogP contribution in [-0.2, 0) is 31.4 Å². The number of alkyl halides is 6. The van der Waals surface area contributed by atoms with Crippen LogP contribution in [-0.4, -0.2) is 41.6 Å². The number of esters is 1. The Labute approximate surface area is 226 Å². The fraction of sp³-hybridized carbons (Fsp3) is 0.500. The van der Waals surface area contributed by atoms with Gasteiger partial charge >= 0.3 is 18.3 Å². The summed E-state index contributed by atoms with van der Waals surface area (Å²) in [5.41, 5.74) is -3.48. The minimum Gasteiger partial charge on any atom is -0.452 e. The van der Waals surface area contributed by atoms with Gasteiger partial charge in [0.15, 0.2) is 6.10 Å². The molecule has 2 aromatic carbocycles. The Kier molecular flexibility index (Phi) is 7.72. The number of carbonyl (C=O) groups excluding carboxylic acids is 2. The third kappa shape index (κ3) is 5.96. The molecule has 2 heterocycles. The molecule has 2 fully saturated rings. The summed E-state index contributed by atoms with van der Waals surface area (Å²) in [4.78, 5) is 26.7. The molecule has 0 spiro atoms. The summed E-state index contributed by atoms with van der Waals surface area (Å²) >= 11 is 0. The first-order valence-electron chi connectivity index (χ1n) is 12.6. The molecule has 5 nitrogen and oxygen atoms in total. The summed E-state index contributed by atoms with van der Waals surface area (Å²) in [5, 5.41) is 0. The van der Waals surface area contributed by atoms with Crippen LogP contribution in [0.4, 0.5) is 30.7 Å². The van der Waals surface area contributed by atoms with Crippen molar-refractivity contribution >= 4 is 11.9 Å². The maximum absolute atomic E-state index is 13.7. The van der Waals surface area contributed by atoms with Crippen LogP contribution in [0.2, 0.25) is 0 Å². The first kappa shape index (κ1) is 29.8. The number of piperidine rings is 1. The van der Waals surface area contributed by atoms with E-state index < -0.39 is 76.9 Å². The summed E-state index contributed by atoms with van der Waals surface area (Å²) in [7, 11) is 0. The van der Waals surface area contributed by atoms with Gasteiger partial charge in [0, 0.05) is 30.8 Å². The third-order valence-electron chi connectivity index (χ3n) is 7.54. The van der Waals surface area contributed by atoms with Crippen LogP contribution in [0.3, 0.4) is 0 Å². The number of hydrogen-bond donors (Lipinski definition) is 0. The average molecular weight is 576 g/mol. The van der Waals surface area contributed by atoms with Crippen molar-refractivity contribution in [2.24, 2.45) is 5.41 Å². The number of benzene rings is 2. The molecule has 4 rings (SSSR count). The van der Waals surface area contributed by atoms with E-state index in [1.165, 1.54) is 43.0 Å². The van der Waals surface area contributed by atoms with Crippen molar-refractivity contribution in [3.8, 4) is 0 Å². The van der Waals surface area contributed by atoms with E-state index in [0.29, 0.717) is 24.1 Å². The fourth-order valence-electron chi connectivity index (χ4n) is 5.69. The Balaban J connectivity index is 1.72.